The Balaban J connectivity index is 2.28. The normalized spacial score (nSPS) is 10.8. The number of phenols is 3. The lowest BCUT2D eigenvalue weighted by Gasteiger charge is -2.05. The van der Waals surface area contributed by atoms with Gasteiger partial charge < -0.3 is 19.7 Å². The number of hydrogen-bond donors (Lipinski definition) is 3. The van der Waals surface area contributed by atoms with Crippen molar-refractivity contribution >= 4 is 11.0 Å². The first-order valence-corrected chi connectivity index (χ1v) is 5.84. The highest BCUT2D eigenvalue weighted by molar-refractivity contribution is 5.87. The van der Waals surface area contributed by atoms with Crippen molar-refractivity contribution in [1.29, 1.82) is 0 Å². The fourth-order valence-electron chi connectivity index (χ4n) is 1.99. The maximum atomic E-state index is 12.0. The van der Waals surface area contributed by atoms with Crippen molar-refractivity contribution in [3.63, 3.8) is 0 Å². The van der Waals surface area contributed by atoms with Crippen molar-refractivity contribution in [2.75, 3.05) is 0 Å². The zero-order valence-corrected chi connectivity index (χ0v) is 10.2. The van der Waals surface area contributed by atoms with Crippen LogP contribution < -0.4 is 5.43 Å². The van der Waals surface area contributed by atoms with Gasteiger partial charge in [0.2, 0.25) is 0 Å². The van der Waals surface area contributed by atoms with Gasteiger partial charge in [-0.1, -0.05) is 0 Å². The summed E-state index contributed by atoms with van der Waals surface area (Å²) in [5.74, 6) is -0.442. The molecule has 3 rings (SSSR count). The molecule has 0 radical (unpaired) electrons. The predicted octanol–water partition coefficient (Wildman–Crippen LogP) is 2.58. The van der Waals surface area contributed by atoms with Crippen LogP contribution in [0.25, 0.3) is 22.3 Å². The molecule has 0 amide bonds. The monoisotopic (exact) mass is 270 g/mol. The summed E-state index contributed by atoms with van der Waals surface area (Å²) in [5.41, 5.74) is 0.341. The van der Waals surface area contributed by atoms with Crippen LogP contribution in [0.5, 0.6) is 17.2 Å². The lowest BCUT2D eigenvalue weighted by atomic mass is 10.1. The first-order valence-electron chi connectivity index (χ1n) is 5.84. The molecule has 0 spiro atoms. The number of hydrogen-bond acceptors (Lipinski definition) is 5. The molecular weight excluding hydrogens is 260 g/mol. The van der Waals surface area contributed by atoms with Crippen LogP contribution >= 0.6 is 0 Å². The summed E-state index contributed by atoms with van der Waals surface area (Å²) in [6.07, 6.45) is 0. The molecule has 0 saturated carbocycles. The molecule has 0 saturated heterocycles. The van der Waals surface area contributed by atoms with E-state index in [2.05, 4.69) is 0 Å². The third-order valence-corrected chi connectivity index (χ3v) is 3.00. The minimum atomic E-state index is -0.492. The van der Waals surface area contributed by atoms with Crippen molar-refractivity contribution < 1.29 is 19.7 Å². The highest BCUT2D eigenvalue weighted by Crippen LogP contribution is 2.33. The summed E-state index contributed by atoms with van der Waals surface area (Å²) >= 11 is 0. The summed E-state index contributed by atoms with van der Waals surface area (Å²) in [6.45, 7) is 0. The van der Waals surface area contributed by atoms with E-state index < -0.39 is 11.2 Å². The van der Waals surface area contributed by atoms with E-state index in [1.807, 2.05) is 0 Å². The average Bonchev–Trinajstić information content (AvgIpc) is 2.43. The Morgan fingerprint density at radius 2 is 1.60 bits per heavy atom. The van der Waals surface area contributed by atoms with Crippen LogP contribution in [0, 0.1) is 0 Å². The van der Waals surface area contributed by atoms with Crippen LogP contribution in [-0.4, -0.2) is 15.3 Å². The van der Waals surface area contributed by atoms with Gasteiger partial charge in [0, 0.05) is 11.6 Å². The molecule has 1 heterocycles. The molecule has 3 N–H and O–H groups in total. The standard InChI is InChI=1S/C15H10O5/c16-9-3-1-8(2-4-9)13-7-11(18)14-12(20-13)6-5-10(17)15(14)19/h1-7,16-17,19H. The van der Waals surface area contributed by atoms with E-state index in [0.717, 1.165) is 0 Å². The number of benzene rings is 2. The molecule has 0 atom stereocenters. The van der Waals surface area contributed by atoms with Gasteiger partial charge in [-0.25, -0.2) is 0 Å². The molecule has 0 aliphatic carbocycles. The SMILES string of the molecule is O=c1cc(-c2ccc(O)cc2)oc2ccc(O)c(O)c12. The number of fused-ring (bicyclic) bond motifs is 1. The van der Waals surface area contributed by atoms with Crippen LogP contribution in [0.3, 0.4) is 0 Å². The minimum Gasteiger partial charge on any atom is -0.508 e. The van der Waals surface area contributed by atoms with Crippen molar-refractivity contribution in [2.24, 2.45) is 0 Å². The highest BCUT2D eigenvalue weighted by Gasteiger charge is 2.13. The van der Waals surface area contributed by atoms with Crippen LogP contribution in [-0.2, 0) is 0 Å². The Morgan fingerprint density at radius 1 is 0.900 bits per heavy atom. The zero-order valence-electron chi connectivity index (χ0n) is 10.2. The first-order chi connectivity index (χ1) is 9.56. The second-order valence-corrected chi connectivity index (χ2v) is 4.33. The molecular formula is C15H10O5. The number of rotatable bonds is 1. The second-order valence-electron chi connectivity index (χ2n) is 4.33. The van der Waals surface area contributed by atoms with Gasteiger partial charge in [-0.15, -0.1) is 0 Å². The van der Waals surface area contributed by atoms with E-state index in [1.165, 1.54) is 30.3 Å². The summed E-state index contributed by atoms with van der Waals surface area (Å²) in [5, 5.41) is 28.3. The Bertz CT molecular complexity index is 847. The van der Waals surface area contributed by atoms with E-state index in [4.69, 9.17) is 4.42 Å². The number of aromatic hydroxyl groups is 3. The maximum Gasteiger partial charge on any atom is 0.197 e. The van der Waals surface area contributed by atoms with E-state index >= 15 is 0 Å². The van der Waals surface area contributed by atoms with E-state index in [9.17, 15) is 20.1 Å². The molecule has 20 heavy (non-hydrogen) atoms. The molecule has 0 fully saturated rings. The van der Waals surface area contributed by atoms with Gasteiger partial charge in [0.1, 0.15) is 22.5 Å². The highest BCUT2D eigenvalue weighted by atomic mass is 16.3. The van der Waals surface area contributed by atoms with Gasteiger partial charge >= 0.3 is 0 Å². The van der Waals surface area contributed by atoms with Crippen LogP contribution in [0.1, 0.15) is 0 Å². The topological polar surface area (TPSA) is 90.9 Å². The Hall–Kier alpha value is -2.95. The Labute approximate surface area is 113 Å². The van der Waals surface area contributed by atoms with Crippen molar-refractivity contribution in [3.05, 3.63) is 52.7 Å². The maximum absolute atomic E-state index is 12.0. The van der Waals surface area contributed by atoms with Gasteiger partial charge in [-0.05, 0) is 36.4 Å². The summed E-state index contributed by atoms with van der Waals surface area (Å²) in [4.78, 5) is 12.0. The van der Waals surface area contributed by atoms with Gasteiger partial charge in [0.05, 0.1) is 0 Å². The Morgan fingerprint density at radius 3 is 2.30 bits per heavy atom. The fraction of sp³-hybridized carbons (Fsp3) is 0. The van der Waals surface area contributed by atoms with Crippen LogP contribution in [0.4, 0.5) is 0 Å². The van der Waals surface area contributed by atoms with Gasteiger partial charge in [-0.3, -0.25) is 4.79 Å². The first kappa shape index (κ1) is 12.1. The summed E-state index contributed by atoms with van der Waals surface area (Å²) in [6, 6.07) is 10.1. The third-order valence-electron chi connectivity index (χ3n) is 3.00. The molecule has 5 nitrogen and oxygen atoms in total. The molecule has 0 aliphatic heterocycles. The molecule has 2 aromatic carbocycles. The summed E-state index contributed by atoms with van der Waals surface area (Å²) < 4.78 is 5.55. The van der Waals surface area contributed by atoms with Crippen LogP contribution in [0.15, 0.2) is 51.7 Å². The molecule has 0 bridgehead atoms. The average molecular weight is 270 g/mol. The molecule has 3 aromatic rings. The Kier molecular flexibility index (Phi) is 2.61. The number of phenolic OH excluding ortho intramolecular Hbond substituents is 3. The molecule has 0 unspecified atom stereocenters. The zero-order chi connectivity index (χ0) is 14.3. The quantitative estimate of drug-likeness (QED) is 0.591. The molecule has 0 aliphatic rings. The smallest absolute Gasteiger partial charge is 0.197 e. The predicted molar refractivity (Wildman–Crippen MR) is 72.9 cm³/mol. The largest absolute Gasteiger partial charge is 0.508 e. The van der Waals surface area contributed by atoms with Crippen LogP contribution in [0.2, 0.25) is 0 Å². The lowest BCUT2D eigenvalue weighted by Crippen LogP contribution is -2.00. The van der Waals surface area contributed by atoms with Crippen molar-refractivity contribution in [1.82, 2.24) is 0 Å². The molecule has 1 aromatic heterocycles. The van der Waals surface area contributed by atoms with Crippen molar-refractivity contribution in [3.8, 4) is 28.6 Å². The minimum absolute atomic E-state index is 0.0625. The van der Waals surface area contributed by atoms with Gasteiger partial charge in [0.25, 0.3) is 0 Å². The fourth-order valence-corrected chi connectivity index (χ4v) is 1.99. The van der Waals surface area contributed by atoms with Crippen molar-refractivity contribution in [2.45, 2.75) is 0 Å². The summed E-state index contributed by atoms with van der Waals surface area (Å²) in [7, 11) is 0. The van der Waals surface area contributed by atoms with E-state index in [-0.39, 0.29) is 22.5 Å². The van der Waals surface area contributed by atoms with E-state index in [1.54, 1.807) is 12.1 Å². The van der Waals surface area contributed by atoms with Gasteiger partial charge in [0.15, 0.2) is 16.9 Å². The molecule has 5 heteroatoms. The lowest BCUT2D eigenvalue weighted by molar-refractivity contribution is 0.407. The second kappa shape index (κ2) is 4.31. The van der Waals surface area contributed by atoms with E-state index in [0.29, 0.717) is 11.3 Å². The van der Waals surface area contributed by atoms with Gasteiger partial charge in [-0.2, -0.15) is 0 Å². The molecule has 100 valence electrons. The third kappa shape index (κ3) is 1.85.